The molecule has 0 amide bonds. The van der Waals surface area contributed by atoms with Gasteiger partial charge >= 0.3 is 5.97 Å². The molecule has 1 rings (SSSR count). The van der Waals surface area contributed by atoms with E-state index in [0.29, 0.717) is 19.0 Å². The van der Waals surface area contributed by atoms with Gasteiger partial charge in [0, 0.05) is 18.2 Å². The van der Waals surface area contributed by atoms with Gasteiger partial charge < -0.3 is 10.1 Å². The normalized spacial score (nSPS) is 13.5. The van der Waals surface area contributed by atoms with E-state index in [9.17, 15) is 4.79 Å². The van der Waals surface area contributed by atoms with E-state index >= 15 is 0 Å². The van der Waals surface area contributed by atoms with E-state index in [4.69, 9.17) is 4.74 Å². The van der Waals surface area contributed by atoms with Gasteiger partial charge in [-0.1, -0.05) is 13.0 Å². The molecule has 0 saturated carbocycles. The van der Waals surface area contributed by atoms with Crippen LogP contribution in [0, 0.1) is 0 Å². The third-order valence-electron chi connectivity index (χ3n) is 2.64. The van der Waals surface area contributed by atoms with Crippen molar-refractivity contribution < 1.29 is 9.53 Å². The van der Waals surface area contributed by atoms with Gasteiger partial charge in [-0.2, -0.15) is 11.3 Å². The second-order valence-corrected chi connectivity index (χ2v) is 4.54. The minimum atomic E-state index is -0.238. The van der Waals surface area contributed by atoms with Crippen LogP contribution >= 0.6 is 11.3 Å². The Morgan fingerprint density at radius 1 is 1.65 bits per heavy atom. The van der Waals surface area contributed by atoms with Crippen LogP contribution in [0.25, 0.3) is 0 Å². The molecule has 0 aliphatic carbocycles. The lowest BCUT2D eigenvalue weighted by molar-refractivity contribution is -0.136. The van der Waals surface area contributed by atoms with Crippen molar-refractivity contribution >= 4 is 17.3 Å². The molecule has 1 aromatic heterocycles. The van der Waals surface area contributed by atoms with Crippen LogP contribution in [0.1, 0.15) is 31.9 Å². The maximum Gasteiger partial charge on any atom is 0.333 e. The first-order valence-electron chi connectivity index (χ1n) is 5.71. The van der Waals surface area contributed by atoms with Crippen molar-refractivity contribution in [2.45, 2.75) is 26.3 Å². The average Bonchev–Trinajstić information content (AvgIpc) is 2.87. The highest BCUT2D eigenvalue weighted by atomic mass is 32.1. The molecule has 3 nitrogen and oxygen atoms in total. The first-order chi connectivity index (χ1) is 8.19. The smallest absolute Gasteiger partial charge is 0.333 e. The van der Waals surface area contributed by atoms with E-state index in [-0.39, 0.29) is 5.97 Å². The molecule has 1 aromatic rings. The van der Waals surface area contributed by atoms with Crippen LogP contribution in [0.3, 0.4) is 0 Å². The lowest BCUT2D eigenvalue weighted by Crippen LogP contribution is -2.19. The van der Waals surface area contributed by atoms with Crippen LogP contribution in [-0.2, 0) is 9.53 Å². The SMILES string of the molecule is CC/C(=C/CNC(C)c1ccsc1)C(=O)OC. The number of nitrogens with one attached hydrogen (secondary N) is 1. The summed E-state index contributed by atoms with van der Waals surface area (Å²) < 4.78 is 4.70. The molecule has 94 valence electrons. The monoisotopic (exact) mass is 253 g/mol. The largest absolute Gasteiger partial charge is 0.466 e. The quantitative estimate of drug-likeness (QED) is 0.626. The van der Waals surface area contributed by atoms with E-state index in [1.54, 1.807) is 11.3 Å². The number of esters is 1. The van der Waals surface area contributed by atoms with Crippen molar-refractivity contribution in [3.63, 3.8) is 0 Å². The zero-order valence-electron chi connectivity index (χ0n) is 10.5. The van der Waals surface area contributed by atoms with Crippen molar-refractivity contribution in [1.29, 1.82) is 0 Å². The number of methoxy groups -OCH3 is 1. The predicted molar refractivity (Wildman–Crippen MR) is 71.1 cm³/mol. The van der Waals surface area contributed by atoms with Gasteiger partial charge in [0.15, 0.2) is 0 Å². The molecule has 0 aromatic carbocycles. The molecule has 0 aliphatic heterocycles. The van der Waals surface area contributed by atoms with E-state index in [1.165, 1.54) is 12.7 Å². The van der Waals surface area contributed by atoms with Gasteiger partial charge in [0.1, 0.15) is 0 Å². The average molecular weight is 253 g/mol. The summed E-state index contributed by atoms with van der Waals surface area (Å²) in [5.74, 6) is -0.238. The molecule has 1 atom stereocenters. The van der Waals surface area contributed by atoms with E-state index < -0.39 is 0 Å². The summed E-state index contributed by atoms with van der Waals surface area (Å²) in [6, 6.07) is 2.40. The second-order valence-electron chi connectivity index (χ2n) is 3.76. The van der Waals surface area contributed by atoms with Gasteiger partial charge in [0.25, 0.3) is 0 Å². The fourth-order valence-corrected chi connectivity index (χ4v) is 2.26. The molecule has 4 heteroatoms. The molecule has 0 spiro atoms. The zero-order chi connectivity index (χ0) is 12.7. The van der Waals surface area contributed by atoms with Gasteiger partial charge in [-0.15, -0.1) is 0 Å². The Balaban J connectivity index is 2.45. The summed E-state index contributed by atoms with van der Waals surface area (Å²) in [6.07, 6.45) is 2.59. The maximum absolute atomic E-state index is 11.3. The molecular weight excluding hydrogens is 234 g/mol. The standard InChI is InChI=1S/C13H19NO2S/c1-4-11(13(15)16-3)5-7-14-10(2)12-6-8-17-9-12/h5-6,8-10,14H,4,7H2,1-3H3/b11-5-. The van der Waals surface area contributed by atoms with Crippen molar-refractivity contribution in [3.8, 4) is 0 Å². The number of hydrogen-bond acceptors (Lipinski definition) is 4. The molecule has 0 aliphatic rings. The van der Waals surface area contributed by atoms with Crippen LogP contribution in [0.15, 0.2) is 28.5 Å². The summed E-state index contributed by atoms with van der Waals surface area (Å²) in [4.78, 5) is 11.3. The van der Waals surface area contributed by atoms with Crippen LogP contribution < -0.4 is 5.32 Å². The molecule has 17 heavy (non-hydrogen) atoms. The Kier molecular flexibility index (Phi) is 5.94. The minimum Gasteiger partial charge on any atom is -0.466 e. The highest BCUT2D eigenvalue weighted by molar-refractivity contribution is 7.07. The summed E-state index contributed by atoms with van der Waals surface area (Å²) in [6.45, 7) is 4.74. The van der Waals surface area contributed by atoms with Crippen LogP contribution in [0.5, 0.6) is 0 Å². The number of ether oxygens (including phenoxy) is 1. The summed E-state index contributed by atoms with van der Waals surface area (Å²) in [5.41, 5.74) is 2.00. The molecular formula is C13H19NO2S. The molecule has 1 N–H and O–H groups in total. The molecule has 1 unspecified atom stereocenters. The second kappa shape index (κ2) is 7.25. The Morgan fingerprint density at radius 3 is 2.94 bits per heavy atom. The molecule has 0 saturated heterocycles. The minimum absolute atomic E-state index is 0.238. The summed E-state index contributed by atoms with van der Waals surface area (Å²) >= 11 is 1.69. The van der Waals surface area contributed by atoms with E-state index in [1.807, 2.05) is 13.0 Å². The van der Waals surface area contributed by atoms with Crippen LogP contribution in [0.4, 0.5) is 0 Å². The van der Waals surface area contributed by atoms with E-state index in [0.717, 1.165) is 5.57 Å². The van der Waals surface area contributed by atoms with Gasteiger partial charge in [-0.05, 0) is 35.7 Å². The number of hydrogen-bond donors (Lipinski definition) is 1. The Hall–Kier alpha value is -1.13. The lowest BCUT2D eigenvalue weighted by Gasteiger charge is -2.11. The van der Waals surface area contributed by atoms with Crippen molar-refractivity contribution in [3.05, 3.63) is 34.0 Å². The Morgan fingerprint density at radius 2 is 2.41 bits per heavy atom. The molecule has 0 bridgehead atoms. The maximum atomic E-state index is 11.3. The Labute approximate surface area is 106 Å². The van der Waals surface area contributed by atoms with Gasteiger partial charge in [0.2, 0.25) is 0 Å². The lowest BCUT2D eigenvalue weighted by atomic mass is 10.1. The fraction of sp³-hybridized carbons (Fsp3) is 0.462. The Bertz CT molecular complexity index is 371. The first kappa shape index (κ1) is 13.9. The van der Waals surface area contributed by atoms with Gasteiger partial charge in [0.05, 0.1) is 7.11 Å². The van der Waals surface area contributed by atoms with Gasteiger partial charge in [-0.25, -0.2) is 4.79 Å². The number of carbonyl (C=O) groups is 1. The van der Waals surface area contributed by atoms with Crippen LogP contribution in [0.2, 0.25) is 0 Å². The summed E-state index contributed by atoms with van der Waals surface area (Å²) in [7, 11) is 1.41. The topological polar surface area (TPSA) is 38.3 Å². The van der Waals surface area contributed by atoms with Gasteiger partial charge in [-0.3, -0.25) is 0 Å². The highest BCUT2D eigenvalue weighted by Gasteiger charge is 2.07. The molecule has 0 radical (unpaired) electrons. The zero-order valence-corrected chi connectivity index (χ0v) is 11.3. The van der Waals surface area contributed by atoms with Crippen molar-refractivity contribution in [2.75, 3.05) is 13.7 Å². The number of thiophene rings is 1. The summed E-state index contributed by atoms with van der Waals surface area (Å²) in [5, 5.41) is 7.54. The van der Waals surface area contributed by atoms with Crippen LogP contribution in [-0.4, -0.2) is 19.6 Å². The molecule has 0 fully saturated rings. The fourth-order valence-electron chi connectivity index (χ4n) is 1.50. The highest BCUT2D eigenvalue weighted by Crippen LogP contribution is 2.15. The third kappa shape index (κ3) is 4.32. The number of rotatable bonds is 6. The molecule has 1 heterocycles. The predicted octanol–water partition coefficient (Wildman–Crippen LogP) is 2.91. The van der Waals surface area contributed by atoms with Crippen molar-refractivity contribution in [1.82, 2.24) is 5.32 Å². The number of carbonyl (C=O) groups excluding carboxylic acids is 1. The third-order valence-corrected chi connectivity index (χ3v) is 3.35. The van der Waals surface area contributed by atoms with E-state index in [2.05, 4.69) is 29.1 Å². The van der Waals surface area contributed by atoms with Crippen molar-refractivity contribution in [2.24, 2.45) is 0 Å². The first-order valence-corrected chi connectivity index (χ1v) is 6.66.